The van der Waals surface area contributed by atoms with Gasteiger partial charge in [-0.2, -0.15) is 5.10 Å². The van der Waals surface area contributed by atoms with Crippen molar-refractivity contribution in [3.05, 3.63) is 46.8 Å². The zero-order valence-electron chi connectivity index (χ0n) is 17.5. The molecule has 1 amide bonds. The van der Waals surface area contributed by atoms with Gasteiger partial charge in [0.15, 0.2) is 5.65 Å². The Labute approximate surface area is 166 Å². The molecule has 6 heteroatoms. The highest BCUT2D eigenvalue weighted by Gasteiger charge is 2.22. The highest BCUT2D eigenvalue weighted by Crippen LogP contribution is 2.29. The van der Waals surface area contributed by atoms with Crippen molar-refractivity contribution in [3.63, 3.8) is 0 Å². The fourth-order valence-electron chi connectivity index (χ4n) is 3.44. The van der Waals surface area contributed by atoms with Crippen LogP contribution in [0, 0.1) is 20.8 Å². The van der Waals surface area contributed by atoms with Gasteiger partial charge in [0.25, 0.3) is 0 Å². The number of carbonyl (C=O) groups is 1. The Morgan fingerprint density at radius 1 is 1.11 bits per heavy atom. The van der Waals surface area contributed by atoms with Crippen LogP contribution in [0.1, 0.15) is 36.4 Å². The average Bonchev–Trinajstić information content (AvgIpc) is 3.05. The van der Waals surface area contributed by atoms with Crippen molar-refractivity contribution in [2.24, 2.45) is 0 Å². The van der Waals surface area contributed by atoms with E-state index in [4.69, 9.17) is 14.8 Å². The lowest BCUT2D eigenvalue weighted by Gasteiger charge is -2.18. The summed E-state index contributed by atoms with van der Waals surface area (Å²) in [5.41, 5.74) is 6.48. The summed E-state index contributed by atoms with van der Waals surface area (Å²) in [6, 6.07) is 7.76. The summed E-state index contributed by atoms with van der Waals surface area (Å²) >= 11 is 0. The average molecular weight is 380 g/mol. The second-order valence-corrected chi connectivity index (χ2v) is 6.94. The van der Waals surface area contributed by atoms with Crippen LogP contribution in [0.3, 0.4) is 0 Å². The summed E-state index contributed by atoms with van der Waals surface area (Å²) in [7, 11) is 1.65. The topological polar surface area (TPSA) is 59.7 Å². The van der Waals surface area contributed by atoms with Crippen LogP contribution in [0.4, 0.5) is 0 Å². The molecule has 0 aliphatic heterocycles. The van der Waals surface area contributed by atoms with E-state index in [1.165, 1.54) is 0 Å². The van der Waals surface area contributed by atoms with E-state index in [-0.39, 0.29) is 12.3 Å². The number of fused-ring (bicyclic) bond motifs is 1. The molecule has 0 saturated heterocycles. The number of aromatic nitrogens is 3. The summed E-state index contributed by atoms with van der Waals surface area (Å²) in [5.74, 6) is 0.876. The van der Waals surface area contributed by atoms with Gasteiger partial charge in [0.1, 0.15) is 5.75 Å². The summed E-state index contributed by atoms with van der Waals surface area (Å²) < 4.78 is 7.14. The Morgan fingerprint density at radius 3 is 2.32 bits per heavy atom. The van der Waals surface area contributed by atoms with E-state index in [1.54, 1.807) is 7.11 Å². The van der Waals surface area contributed by atoms with E-state index in [9.17, 15) is 4.79 Å². The monoisotopic (exact) mass is 380 g/mol. The number of carbonyl (C=O) groups excluding carboxylic acids is 1. The smallest absolute Gasteiger partial charge is 0.227 e. The molecule has 0 atom stereocenters. The molecule has 0 aliphatic carbocycles. The van der Waals surface area contributed by atoms with Gasteiger partial charge in [0.05, 0.1) is 19.2 Å². The number of likely N-dealkylation sites (N-methyl/N-ethyl adjacent to an activating group) is 1. The molecule has 1 aromatic carbocycles. The van der Waals surface area contributed by atoms with Crippen LogP contribution in [0.5, 0.6) is 5.75 Å². The van der Waals surface area contributed by atoms with E-state index >= 15 is 0 Å². The molecule has 0 unspecified atom stereocenters. The fourth-order valence-corrected chi connectivity index (χ4v) is 3.44. The minimum atomic E-state index is 0.0901. The van der Waals surface area contributed by atoms with Crippen molar-refractivity contribution >= 4 is 11.6 Å². The van der Waals surface area contributed by atoms with Crippen LogP contribution in [-0.4, -0.2) is 45.6 Å². The number of nitrogens with zero attached hydrogens (tertiary/aromatic N) is 4. The molecule has 0 radical (unpaired) electrons. The Morgan fingerprint density at radius 2 is 1.75 bits per heavy atom. The van der Waals surface area contributed by atoms with Crippen molar-refractivity contribution in [1.82, 2.24) is 19.5 Å². The molecule has 0 N–H and O–H groups in total. The standard InChI is InChI=1S/C22H28N4O2/c1-7-25(8-2)20(27)13-19-21(17-9-11-18(28-6)12-10-17)24-26-16(5)14(3)15(4)23-22(19)26/h9-12H,7-8,13H2,1-6H3. The van der Waals surface area contributed by atoms with Gasteiger partial charge >= 0.3 is 0 Å². The Balaban J connectivity index is 2.20. The molecule has 3 rings (SSSR count). The lowest BCUT2D eigenvalue weighted by atomic mass is 10.0. The van der Waals surface area contributed by atoms with Crippen LogP contribution >= 0.6 is 0 Å². The predicted molar refractivity (Wildman–Crippen MR) is 111 cm³/mol. The molecular weight excluding hydrogens is 352 g/mol. The second-order valence-electron chi connectivity index (χ2n) is 6.94. The number of rotatable bonds is 6. The minimum Gasteiger partial charge on any atom is -0.497 e. The SMILES string of the molecule is CCN(CC)C(=O)Cc1c(-c2ccc(OC)cc2)nn2c(C)c(C)c(C)nc12. The maximum atomic E-state index is 12.9. The van der Waals surface area contributed by atoms with Crippen molar-refractivity contribution in [2.45, 2.75) is 41.0 Å². The van der Waals surface area contributed by atoms with Gasteiger partial charge in [-0.05, 0) is 64.4 Å². The quantitative estimate of drug-likeness (QED) is 0.654. The molecule has 0 bridgehead atoms. The van der Waals surface area contributed by atoms with E-state index in [0.29, 0.717) is 13.1 Å². The summed E-state index contributed by atoms with van der Waals surface area (Å²) in [6.07, 6.45) is 0.279. The van der Waals surface area contributed by atoms with Crippen molar-refractivity contribution in [2.75, 3.05) is 20.2 Å². The van der Waals surface area contributed by atoms with Crippen LogP contribution in [0.15, 0.2) is 24.3 Å². The normalized spacial score (nSPS) is 11.1. The van der Waals surface area contributed by atoms with Gasteiger partial charge in [-0.1, -0.05) is 0 Å². The molecule has 2 aromatic heterocycles. The van der Waals surface area contributed by atoms with Gasteiger partial charge in [0.2, 0.25) is 5.91 Å². The van der Waals surface area contributed by atoms with Gasteiger partial charge in [-0.15, -0.1) is 0 Å². The van der Waals surface area contributed by atoms with Gasteiger partial charge < -0.3 is 9.64 Å². The van der Waals surface area contributed by atoms with Crippen molar-refractivity contribution in [3.8, 4) is 17.0 Å². The zero-order valence-corrected chi connectivity index (χ0v) is 17.5. The van der Waals surface area contributed by atoms with E-state index in [1.807, 2.05) is 68.3 Å². The largest absolute Gasteiger partial charge is 0.497 e. The highest BCUT2D eigenvalue weighted by atomic mass is 16.5. The Bertz CT molecular complexity index is 1000. The van der Waals surface area contributed by atoms with Gasteiger partial charge in [-0.3, -0.25) is 4.79 Å². The summed E-state index contributed by atoms with van der Waals surface area (Å²) in [4.78, 5) is 19.5. The molecule has 148 valence electrons. The van der Waals surface area contributed by atoms with E-state index in [2.05, 4.69) is 0 Å². The third kappa shape index (κ3) is 3.46. The van der Waals surface area contributed by atoms with Gasteiger partial charge in [-0.25, -0.2) is 9.50 Å². The lowest BCUT2D eigenvalue weighted by Crippen LogP contribution is -2.31. The molecule has 28 heavy (non-hydrogen) atoms. The third-order valence-electron chi connectivity index (χ3n) is 5.44. The molecule has 0 fully saturated rings. The molecule has 2 heterocycles. The Hall–Kier alpha value is -2.89. The predicted octanol–water partition coefficient (Wildman–Crippen LogP) is 3.74. The number of hydrogen-bond donors (Lipinski definition) is 0. The van der Waals surface area contributed by atoms with E-state index < -0.39 is 0 Å². The fraction of sp³-hybridized carbons (Fsp3) is 0.409. The molecule has 0 aliphatic rings. The number of methoxy groups -OCH3 is 1. The molecule has 3 aromatic rings. The first kappa shape index (κ1) is 19.9. The number of ether oxygens (including phenoxy) is 1. The number of hydrogen-bond acceptors (Lipinski definition) is 4. The van der Waals surface area contributed by atoms with Crippen LogP contribution in [-0.2, 0) is 11.2 Å². The molecule has 6 nitrogen and oxygen atoms in total. The first-order valence-electron chi connectivity index (χ1n) is 9.68. The van der Waals surface area contributed by atoms with Crippen LogP contribution < -0.4 is 4.74 Å². The van der Waals surface area contributed by atoms with E-state index in [0.717, 1.165) is 45.2 Å². The van der Waals surface area contributed by atoms with Crippen molar-refractivity contribution in [1.29, 1.82) is 0 Å². The molecule has 0 spiro atoms. The number of amides is 1. The van der Waals surface area contributed by atoms with Crippen LogP contribution in [0.2, 0.25) is 0 Å². The number of aryl methyl sites for hydroxylation is 2. The zero-order chi connectivity index (χ0) is 20.4. The lowest BCUT2D eigenvalue weighted by molar-refractivity contribution is -0.130. The first-order chi connectivity index (χ1) is 13.4. The first-order valence-corrected chi connectivity index (χ1v) is 9.68. The number of benzene rings is 1. The Kier molecular flexibility index (Phi) is 5.68. The second kappa shape index (κ2) is 8.00. The summed E-state index contributed by atoms with van der Waals surface area (Å²) in [5, 5.41) is 4.85. The minimum absolute atomic E-state index is 0.0901. The van der Waals surface area contributed by atoms with Crippen LogP contribution in [0.25, 0.3) is 16.9 Å². The molecular formula is C22H28N4O2. The maximum Gasteiger partial charge on any atom is 0.227 e. The summed E-state index contributed by atoms with van der Waals surface area (Å²) in [6.45, 7) is 11.5. The van der Waals surface area contributed by atoms with Gasteiger partial charge in [0, 0.05) is 35.6 Å². The third-order valence-corrected chi connectivity index (χ3v) is 5.44. The maximum absolute atomic E-state index is 12.9. The van der Waals surface area contributed by atoms with Crippen molar-refractivity contribution < 1.29 is 9.53 Å². The molecule has 0 saturated carbocycles. The highest BCUT2D eigenvalue weighted by molar-refractivity contribution is 5.84.